The van der Waals surface area contributed by atoms with E-state index in [9.17, 15) is 23.9 Å². The number of carbonyl (C=O) groups excluding carboxylic acids is 3. The summed E-state index contributed by atoms with van der Waals surface area (Å²) >= 11 is 0. The maximum absolute atomic E-state index is 13.5. The molecule has 0 spiro atoms. The summed E-state index contributed by atoms with van der Waals surface area (Å²) in [7, 11) is 3.18. The molecule has 0 bridgehead atoms. The average Bonchev–Trinajstić information content (AvgIpc) is 3.05. The molecular formula is C32H38FN5O6. The maximum atomic E-state index is 13.5. The summed E-state index contributed by atoms with van der Waals surface area (Å²) in [6, 6.07) is 16.1. The van der Waals surface area contributed by atoms with E-state index in [1.807, 2.05) is 6.92 Å². The van der Waals surface area contributed by atoms with Crippen molar-refractivity contribution >= 4 is 35.0 Å². The van der Waals surface area contributed by atoms with E-state index in [-0.39, 0.29) is 31.4 Å². The summed E-state index contributed by atoms with van der Waals surface area (Å²) in [5.74, 6) is 0.270. The highest BCUT2D eigenvalue weighted by Gasteiger charge is 2.32. The molecule has 0 saturated heterocycles. The van der Waals surface area contributed by atoms with Crippen LogP contribution in [0.25, 0.3) is 0 Å². The van der Waals surface area contributed by atoms with Crippen molar-refractivity contribution in [3.05, 3.63) is 78.1 Å². The molecule has 3 aromatic carbocycles. The number of carbonyl (C=O) groups is 3. The Morgan fingerprint density at radius 1 is 1.05 bits per heavy atom. The molecule has 3 atom stereocenters. The van der Waals surface area contributed by atoms with Gasteiger partial charge in [0, 0.05) is 42.1 Å². The first kappa shape index (κ1) is 32.1. The highest BCUT2D eigenvalue weighted by Crippen LogP contribution is 2.29. The lowest BCUT2D eigenvalue weighted by Crippen LogP contribution is -2.48. The maximum Gasteiger partial charge on any atom is 0.323 e. The van der Waals surface area contributed by atoms with Crippen LogP contribution in [0.4, 0.5) is 31.0 Å². The number of nitrogens with zero attached hydrogens (tertiary/aromatic N) is 2. The van der Waals surface area contributed by atoms with Gasteiger partial charge in [0.2, 0.25) is 5.91 Å². The van der Waals surface area contributed by atoms with Crippen molar-refractivity contribution in [1.29, 1.82) is 0 Å². The molecule has 44 heavy (non-hydrogen) atoms. The van der Waals surface area contributed by atoms with Crippen LogP contribution in [-0.2, 0) is 11.2 Å². The zero-order valence-electron chi connectivity index (χ0n) is 25.2. The lowest BCUT2D eigenvalue weighted by atomic mass is 10.0. The average molecular weight is 608 g/mol. The number of hydrogen-bond acceptors (Lipinski definition) is 6. The Balaban J connectivity index is 1.54. The number of fused-ring (bicyclic) bond motifs is 1. The minimum atomic E-state index is -0.533. The van der Waals surface area contributed by atoms with Gasteiger partial charge in [-0.15, -0.1) is 0 Å². The molecule has 0 fully saturated rings. The fourth-order valence-electron chi connectivity index (χ4n) is 4.80. The lowest BCUT2D eigenvalue weighted by Gasteiger charge is -2.34. The molecule has 1 aliphatic rings. The van der Waals surface area contributed by atoms with Gasteiger partial charge in [-0.05, 0) is 73.7 Å². The van der Waals surface area contributed by atoms with Crippen molar-refractivity contribution < 1.29 is 33.4 Å². The molecule has 0 unspecified atom stereocenters. The molecule has 0 saturated carbocycles. The molecule has 4 N–H and O–H groups in total. The number of anilines is 3. The molecule has 3 aromatic rings. The number of methoxy groups -OCH3 is 1. The topological polar surface area (TPSA) is 132 Å². The van der Waals surface area contributed by atoms with Crippen LogP contribution in [0.3, 0.4) is 0 Å². The number of urea groups is 2. The fourth-order valence-corrected chi connectivity index (χ4v) is 4.80. The van der Waals surface area contributed by atoms with Gasteiger partial charge in [0.05, 0.1) is 32.7 Å². The number of aliphatic hydroxyl groups excluding tert-OH is 1. The van der Waals surface area contributed by atoms with Gasteiger partial charge in [-0.2, -0.15) is 0 Å². The van der Waals surface area contributed by atoms with Crippen molar-refractivity contribution in [2.75, 3.05) is 49.8 Å². The number of aliphatic hydroxyl groups is 1. The summed E-state index contributed by atoms with van der Waals surface area (Å²) < 4.78 is 24.9. The quantitative estimate of drug-likeness (QED) is 0.291. The van der Waals surface area contributed by atoms with E-state index >= 15 is 0 Å². The van der Waals surface area contributed by atoms with E-state index in [0.717, 1.165) is 0 Å². The third-order valence-electron chi connectivity index (χ3n) is 7.42. The van der Waals surface area contributed by atoms with Crippen LogP contribution < -0.4 is 25.4 Å². The highest BCUT2D eigenvalue weighted by atomic mass is 19.1. The normalized spacial score (nSPS) is 17.1. The van der Waals surface area contributed by atoms with Gasteiger partial charge in [-0.25, -0.2) is 14.0 Å². The third kappa shape index (κ3) is 8.38. The number of ether oxygens (including phenoxy) is 2. The molecular weight excluding hydrogens is 569 g/mol. The van der Waals surface area contributed by atoms with Crippen molar-refractivity contribution in [3.8, 4) is 11.5 Å². The van der Waals surface area contributed by atoms with Crippen LogP contribution in [-0.4, -0.2) is 78.9 Å². The number of amides is 5. The molecule has 0 aliphatic carbocycles. The molecule has 0 aromatic heterocycles. The fraction of sp³-hybridized carbons (Fsp3) is 0.344. The smallest absolute Gasteiger partial charge is 0.323 e. The second-order valence-corrected chi connectivity index (χ2v) is 10.8. The predicted molar refractivity (Wildman–Crippen MR) is 166 cm³/mol. The van der Waals surface area contributed by atoms with E-state index < -0.39 is 30.0 Å². The number of likely N-dealkylation sites (N-methyl/N-ethyl adjacent to an activating group) is 1. The van der Waals surface area contributed by atoms with Crippen molar-refractivity contribution in [2.45, 2.75) is 32.4 Å². The van der Waals surface area contributed by atoms with Gasteiger partial charge in [0.15, 0.2) is 0 Å². The van der Waals surface area contributed by atoms with Crippen LogP contribution in [0.2, 0.25) is 0 Å². The van der Waals surface area contributed by atoms with Gasteiger partial charge in [-0.1, -0.05) is 6.92 Å². The van der Waals surface area contributed by atoms with Gasteiger partial charge in [0.25, 0.3) is 0 Å². The summed E-state index contributed by atoms with van der Waals surface area (Å²) in [5, 5.41) is 18.2. The van der Waals surface area contributed by atoms with Crippen LogP contribution in [0.1, 0.15) is 19.4 Å². The Morgan fingerprint density at radius 2 is 1.66 bits per heavy atom. The number of halogens is 1. The molecule has 0 radical (unpaired) electrons. The number of rotatable bonds is 8. The molecule has 4 rings (SSSR count). The number of nitrogens with one attached hydrogen (secondary N) is 3. The predicted octanol–water partition coefficient (Wildman–Crippen LogP) is 4.79. The first-order valence-corrected chi connectivity index (χ1v) is 14.3. The monoisotopic (exact) mass is 607 g/mol. The number of benzene rings is 3. The Morgan fingerprint density at radius 3 is 2.32 bits per heavy atom. The molecule has 234 valence electrons. The van der Waals surface area contributed by atoms with Gasteiger partial charge < -0.3 is 40.3 Å². The molecule has 12 heteroatoms. The largest absolute Gasteiger partial charge is 0.497 e. The first-order chi connectivity index (χ1) is 21.1. The lowest BCUT2D eigenvalue weighted by molar-refractivity contribution is -0.134. The van der Waals surface area contributed by atoms with Crippen LogP contribution in [0.15, 0.2) is 66.7 Å². The second kappa shape index (κ2) is 14.6. The van der Waals surface area contributed by atoms with E-state index in [1.165, 1.54) is 29.2 Å². The molecule has 1 aliphatic heterocycles. The third-order valence-corrected chi connectivity index (χ3v) is 7.42. The van der Waals surface area contributed by atoms with Gasteiger partial charge in [0.1, 0.15) is 23.4 Å². The van der Waals surface area contributed by atoms with Crippen molar-refractivity contribution in [3.63, 3.8) is 0 Å². The Kier molecular flexibility index (Phi) is 10.6. The van der Waals surface area contributed by atoms with Crippen LogP contribution >= 0.6 is 0 Å². The summed E-state index contributed by atoms with van der Waals surface area (Å²) in [6.45, 7) is 3.94. The Hall–Kier alpha value is -4.84. The van der Waals surface area contributed by atoms with Crippen LogP contribution in [0.5, 0.6) is 11.5 Å². The van der Waals surface area contributed by atoms with Crippen LogP contribution in [0, 0.1) is 11.7 Å². The zero-order chi connectivity index (χ0) is 31.8. The van der Waals surface area contributed by atoms with Gasteiger partial charge in [-0.3, -0.25) is 4.79 Å². The van der Waals surface area contributed by atoms with Gasteiger partial charge >= 0.3 is 12.1 Å². The molecule has 11 nitrogen and oxygen atoms in total. The minimum Gasteiger partial charge on any atom is -0.497 e. The van der Waals surface area contributed by atoms with E-state index in [4.69, 9.17) is 9.47 Å². The van der Waals surface area contributed by atoms with Crippen molar-refractivity contribution in [1.82, 2.24) is 9.80 Å². The first-order valence-electron chi connectivity index (χ1n) is 14.3. The zero-order valence-corrected chi connectivity index (χ0v) is 25.2. The second-order valence-electron chi connectivity index (χ2n) is 10.8. The van der Waals surface area contributed by atoms with E-state index in [2.05, 4.69) is 16.0 Å². The van der Waals surface area contributed by atoms with E-state index in [1.54, 1.807) is 68.4 Å². The SMILES string of the molecule is COc1ccc(NC(=O)Nc2ccc3c(c2)CC(=O)N([C@H](C)CO)C[C@H](C)[C@@H](CN(C)C(=O)Nc2ccc(F)cc2)O3)cc1. The standard InChI is InChI=1S/C32H38FN5O6/c1-20-17-38(21(2)19-39)30(40)16-22-15-26(35-31(41)34-24-9-12-27(43-4)13-10-24)11-14-28(22)44-29(20)18-37(3)32(42)36-25-7-5-23(33)6-8-25/h5-15,20-21,29,39H,16-19H2,1-4H3,(H,36,42)(H2,34,35,41)/t20-,21+,29+/m0/s1. The van der Waals surface area contributed by atoms with Crippen molar-refractivity contribution in [2.24, 2.45) is 5.92 Å². The Bertz CT molecular complexity index is 1450. The highest BCUT2D eigenvalue weighted by molar-refractivity contribution is 6.00. The summed E-state index contributed by atoms with van der Waals surface area (Å²) in [5.41, 5.74) is 2.02. The summed E-state index contributed by atoms with van der Waals surface area (Å²) in [6.07, 6.45) is -0.551. The number of hydrogen-bond donors (Lipinski definition) is 4. The molecule has 5 amide bonds. The van der Waals surface area contributed by atoms with E-state index in [0.29, 0.717) is 40.7 Å². The summed E-state index contributed by atoms with van der Waals surface area (Å²) in [4.78, 5) is 42.2. The Labute approximate surface area is 255 Å². The minimum absolute atomic E-state index is 0.0182. The molecule has 1 heterocycles.